The van der Waals surface area contributed by atoms with E-state index in [1.165, 1.54) is 7.11 Å². The van der Waals surface area contributed by atoms with Gasteiger partial charge in [-0.15, -0.1) is 0 Å². The number of methoxy groups -OCH3 is 1. The Kier molecular flexibility index (Phi) is 4.65. The van der Waals surface area contributed by atoms with Crippen molar-refractivity contribution >= 4 is 5.97 Å². The first-order valence-corrected chi connectivity index (χ1v) is 4.64. The minimum absolute atomic E-state index is 0.111. The largest absolute Gasteiger partial charge is 0.462 e. The molecule has 0 aromatic carbocycles. The summed E-state index contributed by atoms with van der Waals surface area (Å²) in [6.07, 6.45) is 0.958. The summed E-state index contributed by atoms with van der Waals surface area (Å²) in [5, 5.41) is 0. The topological polar surface area (TPSA) is 57.5 Å². The maximum atomic E-state index is 12.8. The number of pyridine rings is 1. The van der Waals surface area contributed by atoms with E-state index in [4.69, 9.17) is 4.74 Å². The molecule has 0 atom stereocenters. The van der Waals surface area contributed by atoms with Crippen LogP contribution in [0.3, 0.4) is 0 Å². The minimum Gasteiger partial charge on any atom is -0.462 e. The maximum absolute atomic E-state index is 12.8. The molecular formula is C10H12FNO4. The van der Waals surface area contributed by atoms with Crippen LogP contribution in [-0.4, -0.2) is 30.9 Å². The molecule has 0 aliphatic carbocycles. The van der Waals surface area contributed by atoms with Crippen LogP contribution in [0.4, 0.5) is 4.39 Å². The molecule has 0 amide bonds. The fourth-order valence-corrected chi connectivity index (χ4v) is 1.05. The van der Waals surface area contributed by atoms with Crippen molar-refractivity contribution in [1.29, 1.82) is 0 Å². The molecule has 0 bridgehead atoms. The predicted molar refractivity (Wildman–Crippen MR) is 53.5 cm³/mol. The number of carbonyl (C=O) groups is 1. The average Bonchev–Trinajstić information content (AvgIpc) is 2.24. The quantitative estimate of drug-likeness (QED) is 0.533. The predicted octanol–water partition coefficient (Wildman–Crippen LogP) is 0.177. The number of carbonyl (C=O) groups excluding carboxylic acids is 1. The Morgan fingerprint density at radius 3 is 2.88 bits per heavy atom. The summed E-state index contributed by atoms with van der Waals surface area (Å²) in [6, 6.07) is 2.09. The van der Waals surface area contributed by atoms with Crippen molar-refractivity contribution in [2.45, 2.75) is 6.54 Å². The summed E-state index contributed by atoms with van der Waals surface area (Å²) in [4.78, 5) is 22.4. The van der Waals surface area contributed by atoms with Crippen molar-refractivity contribution in [2.24, 2.45) is 0 Å². The average molecular weight is 229 g/mol. The Labute approximate surface area is 91.4 Å². The maximum Gasteiger partial charge on any atom is 0.326 e. The van der Waals surface area contributed by atoms with E-state index in [-0.39, 0.29) is 19.8 Å². The molecule has 6 heteroatoms. The van der Waals surface area contributed by atoms with E-state index in [0.717, 1.165) is 22.9 Å². The van der Waals surface area contributed by atoms with Gasteiger partial charge in [-0.3, -0.25) is 9.59 Å². The molecule has 0 radical (unpaired) electrons. The highest BCUT2D eigenvalue weighted by molar-refractivity contribution is 5.69. The summed E-state index contributed by atoms with van der Waals surface area (Å²) < 4.78 is 23.1. The molecule has 0 fully saturated rings. The molecule has 0 unspecified atom stereocenters. The molecule has 0 saturated heterocycles. The van der Waals surface area contributed by atoms with Gasteiger partial charge in [-0.25, -0.2) is 4.39 Å². The van der Waals surface area contributed by atoms with Crippen LogP contribution in [0.15, 0.2) is 23.1 Å². The van der Waals surface area contributed by atoms with Gasteiger partial charge < -0.3 is 14.0 Å². The van der Waals surface area contributed by atoms with Gasteiger partial charge in [-0.2, -0.15) is 0 Å². The van der Waals surface area contributed by atoms with Crippen molar-refractivity contribution in [3.63, 3.8) is 0 Å². The zero-order valence-corrected chi connectivity index (χ0v) is 8.81. The van der Waals surface area contributed by atoms with Gasteiger partial charge in [0, 0.05) is 19.4 Å². The van der Waals surface area contributed by atoms with Gasteiger partial charge in [0.05, 0.1) is 6.61 Å². The molecular weight excluding hydrogens is 217 g/mol. The number of hydrogen-bond donors (Lipinski definition) is 0. The molecule has 88 valence electrons. The van der Waals surface area contributed by atoms with Crippen molar-refractivity contribution in [3.8, 4) is 0 Å². The van der Waals surface area contributed by atoms with Crippen LogP contribution in [0.1, 0.15) is 0 Å². The van der Waals surface area contributed by atoms with Crippen LogP contribution < -0.4 is 5.56 Å². The lowest BCUT2D eigenvalue weighted by Crippen LogP contribution is -2.25. The normalized spacial score (nSPS) is 10.1. The van der Waals surface area contributed by atoms with Crippen LogP contribution in [0.25, 0.3) is 0 Å². The SMILES string of the molecule is COCCOC(=O)Cn1cc(F)ccc1=O. The molecule has 1 aromatic heterocycles. The van der Waals surface area contributed by atoms with E-state index >= 15 is 0 Å². The fourth-order valence-electron chi connectivity index (χ4n) is 1.05. The van der Waals surface area contributed by atoms with Gasteiger partial charge in [0.15, 0.2) is 0 Å². The second-order valence-corrected chi connectivity index (χ2v) is 3.03. The number of nitrogens with zero attached hydrogens (tertiary/aromatic N) is 1. The van der Waals surface area contributed by atoms with Crippen LogP contribution in [0.5, 0.6) is 0 Å². The zero-order chi connectivity index (χ0) is 12.0. The van der Waals surface area contributed by atoms with Crippen molar-refractivity contribution in [1.82, 2.24) is 4.57 Å². The number of hydrogen-bond acceptors (Lipinski definition) is 4. The molecule has 0 aliphatic rings. The molecule has 1 aromatic rings. The summed E-state index contributed by atoms with van der Waals surface area (Å²) in [6.45, 7) is 0.0868. The Balaban J connectivity index is 2.56. The number of halogens is 1. The molecule has 5 nitrogen and oxygen atoms in total. The standard InChI is InChI=1S/C10H12FNO4/c1-15-4-5-16-10(14)7-12-6-8(11)2-3-9(12)13/h2-3,6H,4-5,7H2,1H3. The lowest BCUT2D eigenvalue weighted by Gasteiger charge is -2.06. The third-order valence-corrected chi connectivity index (χ3v) is 1.80. The monoisotopic (exact) mass is 229 g/mol. The number of ether oxygens (including phenoxy) is 2. The van der Waals surface area contributed by atoms with Gasteiger partial charge in [-0.1, -0.05) is 0 Å². The second-order valence-electron chi connectivity index (χ2n) is 3.03. The van der Waals surface area contributed by atoms with Gasteiger partial charge >= 0.3 is 5.97 Å². The Morgan fingerprint density at radius 2 is 2.19 bits per heavy atom. The smallest absolute Gasteiger partial charge is 0.326 e. The summed E-state index contributed by atoms with van der Waals surface area (Å²) in [7, 11) is 1.48. The first-order valence-electron chi connectivity index (χ1n) is 4.64. The summed E-state index contributed by atoms with van der Waals surface area (Å²) in [5.74, 6) is -1.19. The first kappa shape index (κ1) is 12.4. The third kappa shape index (κ3) is 3.82. The Hall–Kier alpha value is -1.69. The zero-order valence-electron chi connectivity index (χ0n) is 8.81. The van der Waals surface area contributed by atoms with Crippen molar-refractivity contribution < 1.29 is 18.7 Å². The van der Waals surface area contributed by atoms with E-state index in [9.17, 15) is 14.0 Å². The van der Waals surface area contributed by atoms with Gasteiger partial charge in [0.2, 0.25) is 0 Å². The molecule has 1 rings (SSSR count). The summed E-state index contributed by atoms with van der Waals surface area (Å²) >= 11 is 0. The molecule has 16 heavy (non-hydrogen) atoms. The highest BCUT2D eigenvalue weighted by Gasteiger charge is 2.06. The van der Waals surface area contributed by atoms with E-state index in [1.807, 2.05) is 0 Å². The van der Waals surface area contributed by atoms with Crippen molar-refractivity contribution in [3.05, 3.63) is 34.5 Å². The van der Waals surface area contributed by atoms with E-state index in [1.54, 1.807) is 0 Å². The number of rotatable bonds is 5. The van der Waals surface area contributed by atoms with Crippen LogP contribution >= 0.6 is 0 Å². The van der Waals surface area contributed by atoms with E-state index < -0.39 is 17.3 Å². The Bertz CT molecular complexity index is 416. The third-order valence-electron chi connectivity index (χ3n) is 1.80. The molecule has 0 aliphatic heterocycles. The van der Waals surface area contributed by atoms with Crippen LogP contribution in [0.2, 0.25) is 0 Å². The van der Waals surface area contributed by atoms with Gasteiger partial charge in [-0.05, 0) is 6.07 Å². The number of esters is 1. The van der Waals surface area contributed by atoms with Crippen LogP contribution in [0, 0.1) is 5.82 Å². The van der Waals surface area contributed by atoms with Crippen molar-refractivity contribution in [2.75, 3.05) is 20.3 Å². The highest BCUT2D eigenvalue weighted by atomic mass is 19.1. The second kappa shape index (κ2) is 6.02. The number of aromatic nitrogens is 1. The lowest BCUT2D eigenvalue weighted by atomic mass is 10.4. The highest BCUT2D eigenvalue weighted by Crippen LogP contribution is 1.92. The fraction of sp³-hybridized carbons (Fsp3) is 0.400. The molecule has 0 spiro atoms. The van der Waals surface area contributed by atoms with Gasteiger partial charge in [0.25, 0.3) is 5.56 Å². The van der Waals surface area contributed by atoms with E-state index in [0.29, 0.717) is 0 Å². The van der Waals surface area contributed by atoms with Gasteiger partial charge in [0.1, 0.15) is 19.0 Å². The minimum atomic E-state index is -0.607. The lowest BCUT2D eigenvalue weighted by molar-refractivity contribution is -0.145. The molecule has 0 saturated carbocycles. The van der Waals surface area contributed by atoms with E-state index in [2.05, 4.69) is 4.74 Å². The summed E-state index contributed by atoms with van der Waals surface area (Å²) in [5.41, 5.74) is -0.454. The molecule has 1 heterocycles. The first-order chi connectivity index (χ1) is 7.63. The Morgan fingerprint density at radius 1 is 1.44 bits per heavy atom. The molecule has 0 N–H and O–H groups in total. The van der Waals surface area contributed by atoms with Crippen LogP contribution in [-0.2, 0) is 20.8 Å².